The Hall–Kier alpha value is -3.60. The van der Waals surface area contributed by atoms with Gasteiger partial charge in [0.25, 0.3) is 0 Å². The van der Waals surface area contributed by atoms with Crippen LogP contribution in [-0.2, 0) is 9.53 Å². The van der Waals surface area contributed by atoms with Gasteiger partial charge in [-0.25, -0.2) is 9.78 Å². The molecule has 1 atom stereocenters. The number of carbonyl (C=O) groups is 2. The number of hydrogen-bond donors (Lipinski definition) is 2. The third-order valence-corrected chi connectivity index (χ3v) is 4.79. The number of nitrogens with one attached hydrogen (secondary N) is 2. The van der Waals surface area contributed by atoms with Gasteiger partial charge in [-0.1, -0.05) is 6.92 Å². The van der Waals surface area contributed by atoms with E-state index in [1.165, 1.54) is 6.20 Å². The summed E-state index contributed by atoms with van der Waals surface area (Å²) >= 11 is 0. The number of nitriles is 1. The van der Waals surface area contributed by atoms with Gasteiger partial charge < -0.3 is 20.1 Å². The number of benzene rings is 1. The summed E-state index contributed by atoms with van der Waals surface area (Å²) in [6, 6.07) is 10.1. The maximum atomic E-state index is 12.5. The van der Waals surface area contributed by atoms with Crippen molar-refractivity contribution in [2.45, 2.75) is 64.5 Å². The molecule has 0 aliphatic heterocycles. The number of pyridine rings is 1. The van der Waals surface area contributed by atoms with Crippen LogP contribution in [0, 0.1) is 11.3 Å². The third-order valence-electron chi connectivity index (χ3n) is 4.79. The van der Waals surface area contributed by atoms with E-state index in [-0.39, 0.29) is 5.91 Å². The van der Waals surface area contributed by atoms with Gasteiger partial charge >= 0.3 is 6.09 Å². The van der Waals surface area contributed by atoms with Gasteiger partial charge in [0.1, 0.15) is 17.4 Å². The predicted octanol–water partition coefficient (Wildman–Crippen LogP) is 4.86. The summed E-state index contributed by atoms with van der Waals surface area (Å²) in [6.45, 7) is 7.07. The van der Waals surface area contributed by atoms with Crippen LogP contribution in [0.25, 0.3) is 0 Å². The lowest BCUT2D eigenvalue weighted by atomic mass is 10.1. The summed E-state index contributed by atoms with van der Waals surface area (Å²) in [7, 11) is 0. The Morgan fingerprint density at radius 1 is 1.25 bits per heavy atom. The number of rotatable bonds is 7. The molecule has 1 aromatic heterocycles. The van der Waals surface area contributed by atoms with Crippen LogP contribution in [0.1, 0.15) is 64.0 Å². The molecular formula is C24H28N4O4. The van der Waals surface area contributed by atoms with Gasteiger partial charge in [-0.2, -0.15) is 5.26 Å². The van der Waals surface area contributed by atoms with Crippen molar-refractivity contribution in [1.29, 1.82) is 5.26 Å². The molecule has 1 saturated carbocycles. The van der Waals surface area contributed by atoms with E-state index < -0.39 is 17.7 Å². The molecular weight excluding hydrogens is 408 g/mol. The van der Waals surface area contributed by atoms with E-state index in [4.69, 9.17) is 14.7 Å². The first kappa shape index (κ1) is 23.1. The van der Waals surface area contributed by atoms with Crippen LogP contribution in [0.15, 0.2) is 36.5 Å². The molecule has 1 aliphatic rings. The van der Waals surface area contributed by atoms with Gasteiger partial charge in [0.2, 0.25) is 11.8 Å². The Balaban J connectivity index is 1.61. The van der Waals surface area contributed by atoms with E-state index in [1.54, 1.807) is 52.0 Å². The molecule has 1 unspecified atom stereocenters. The molecule has 1 heterocycles. The molecule has 3 rings (SSSR count). The van der Waals surface area contributed by atoms with Crippen molar-refractivity contribution < 1.29 is 19.1 Å². The van der Waals surface area contributed by atoms with Gasteiger partial charge in [-0.15, -0.1) is 0 Å². The van der Waals surface area contributed by atoms with Crippen molar-refractivity contribution in [3.05, 3.63) is 47.7 Å². The molecule has 1 aliphatic carbocycles. The molecule has 1 fully saturated rings. The van der Waals surface area contributed by atoms with E-state index in [9.17, 15) is 9.59 Å². The summed E-state index contributed by atoms with van der Waals surface area (Å²) in [5.41, 5.74) is 1.46. The fourth-order valence-electron chi connectivity index (χ4n) is 3.08. The Morgan fingerprint density at radius 3 is 2.56 bits per heavy atom. The standard InChI is InChI=1S/C24H28N4O4/c1-5-19(28-23(30)32-24(2,3)4)22(29)27-17-9-11-21(26-14-17)31-20-10-6-15(13-25)12-18(20)16-7-8-16/h6,9-12,14,16,19H,5,7-8H2,1-4H3,(H,27,29)(H,28,30). The number of aromatic nitrogens is 1. The van der Waals surface area contributed by atoms with Crippen LogP contribution in [0.2, 0.25) is 0 Å². The molecule has 0 spiro atoms. The maximum Gasteiger partial charge on any atom is 0.408 e. The van der Waals surface area contributed by atoms with Crippen molar-refractivity contribution in [1.82, 2.24) is 10.3 Å². The minimum absolute atomic E-state index is 0.364. The van der Waals surface area contributed by atoms with Gasteiger partial charge in [0.15, 0.2) is 0 Å². The third kappa shape index (κ3) is 6.45. The van der Waals surface area contributed by atoms with Gasteiger partial charge in [-0.3, -0.25) is 4.79 Å². The number of anilines is 1. The average Bonchev–Trinajstić information content (AvgIpc) is 3.57. The van der Waals surface area contributed by atoms with E-state index in [1.807, 2.05) is 6.07 Å². The number of amides is 2. The van der Waals surface area contributed by atoms with Crippen LogP contribution < -0.4 is 15.4 Å². The minimum Gasteiger partial charge on any atom is -0.444 e. The highest BCUT2D eigenvalue weighted by Crippen LogP contribution is 2.45. The smallest absolute Gasteiger partial charge is 0.408 e. The van der Waals surface area contributed by atoms with E-state index in [2.05, 4.69) is 21.7 Å². The zero-order chi connectivity index (χ0) is 23.3. The molecule has 8 heteroatoms. The summed E-state index contributed by atoms with van der Waals surface area (Å²) in [6.07, 6.45) is 3.42. The van der Waals surface area contributed by atoms with Crippen LogP contribution in [0.5, 0.6) is 11.6 Å². The molecule has 8 nitrogen and oxygen atoms in total. The number of hydrogen-bond acceptors (Lipinski definition) is 6. The van der Waals surface area contributed by atoms with Crippen LogP contribution in [0.3, 0.4) is 0 Å². The Bertz CT molecular complexity index is 1020. The van der Waals surface area contributed by atoms with Gasteiger partial charge in [0, 0.05) is 6.07 Å². The van der Waals surface area contributed by atoms with Crippen molar-refractivity contribution >= 4 is 17.7 Å². The second-order valence-electron chi connectivity index (χ2n) is 8.72. The minimum atomic E-state index is -0.736. The highest BCUT2D eigenvalue weighted by Gasteiger charge is 2.27. The monoisotopic (exact) mass is 436 g/mol. The van der Waals surface area contributed by atoms with Crippen molar-refractivity contribution in [2.24, 2.45) is 0 Å². The largest absolute Gasteiger partial charge is 0.444 e. The maximum absolute atomic E-state index is 12.5. The normalized spacial score (nSPS) is 14.1. The van der Waals surface area contributed by atoms with Gasteiger partial charge in [-0.05, 0) is 75.8 Å². The first-order chi connectivity index (χ1) is 15.2. The molecule has 168 valence electrons. The summed E-state index contributed by atoms with van der Waals surface area (Å²) in [5, 5.41) is 14.5. The molecule has 2 aromatic rings. The fraction of sp³-hybridized carbons (Fsp3) is 0.417. The first-order valence-corrected chi connectivity index (χ1v) is 10.7. The topological polar surface area (TPSA) is 113 Å². The predicted molar refractivity (Wildman–Crippen MR) is 120 cm³/mol. The van der Waals surface area contributed by atoms with Crippen LogP contribution in [0.4, 0.5) is 10.5 Å². The zero-order valence-corrected chi connectivity index (χ0v) is 18.8. The quantitative estimate of drug-likeness (QED) is 0.640. The number of alkyl carbamates (subject to hydrolysis) is 1. The Kier molecular flexibility index (Phi) is 6.98. The summed E-state index contributed by atoms with van der Waals surface area (Å²) in [4.78, 5) is 28.8. The highest BCUT2D eigenvalue weighted by molar-refractivity contribution is 5.96. The molecule has 0 radical (unpaired) electrons. The van der Waals surface area contributed by atoms with E-state index in [0.29, 0.717) is 35.2 Å². The van der Waals surface area contributed by atoms with Crippen molar-refractivity contribution in [2.75, 3.05) is 5.32 Å². The van der Waals surface area contributed by atoms with E-state index in [0.717, 1.165) is 18.4 Å². The fourth-order valence-corrected chi connectivity index (χ4v) is 3.08. The SMILES string of the molecule is CCC(NC(=O)OC(C)(C)C)C(=O)Nc1ccc(Oc2ccc(C#N)cc2C2CC2)nc1. The molecule has 0 bridgehead atoms. The van der Waals surface area contributed by atoms with Crippen molar-refractivity contribution in [3.63, 3.8) is 0 Å². The second kappa shape index (κ2) is 9.69. The lowest BCUT2D eigenvalue weighted by Gasteiger charge is -2.22. The Morgan fingerprint density at radius 2 is 2.00 bits per heavy atom. The molecule has 2 amide bonds. The van der Waals surface area contributed by atoms with E-state index >= 15 is 0 Å². The Labute approximate surface area is 187 Å². The molecule has 1 aromatic carbocycles. The average molecular weight is 437 g/mol. The molecule has 0 saturated heterocycles. The lowest BCUT2D eigenvalue weighted by molar-refractivity contribution is -0.118. The highest BCUT2D eigenvalue weighted by atomic mass is 16.6. The number of ether oxygens (including phenoxy) is 2. The summed E-state index contributed by atoms with van der Waals surface area (Å²) in [5.74, 6) is 1.12. The first-order valence-electron chi connectivity index (χ1n) is 10.7. The number of nitrogens with zero attached hydrogens (tertiary/aromatic N) is 2. The second-order valence-corrected chi connectivity index (χ2v) is 8.72. The van der Waals surface area contributed by atoms with Crippen LogP contribution in [-0.4, -0.2) is 28.6 Å². The zero-order valence-electron chi connectivity index (χ0n) is 18.8. The summed E-state index contributed by atoms with van der Waals surface area (Å²) < 4.78 is 11.1. The molecule has 32 heavy (non-hydrogen) atoms. The number of carbonyl (C=O) groups excluding carboxylic acids is 2. The van der Waals surface area contributed by atoms with Gasteiger partial charge in [0.05, 0.1) is 23.5 Å². The molecule has 2 N–H and O–H groups in total. The van der Waals surface area contributed by atoms with Crippen LogP contribution >= 0.6 is 0 Å². The lowest BCUT2D eigenvalue weighted by Crippen LogP contribution is -2.45. The van der Waals surface area contributed by atoms with Crippen molar-refractivity contribution in [3.8, 4) is 17.7 Å².